The molecule has 5 atom stereocenters. The Bertz CT molecular complexity index is 385. The molecule has 2 rings (SSSR count). The first-order chi connectivity index (χ1) is 9.50. The van der Waals surface area contributed by atoms with Crippen LogP contribution in [-0.4, -0.2) is 55.3 Å². The van der Waals surface area contributed by atoms with Crippen molar-refractivity contribution in [1.82, 2.24) is 0 Å². The van der Waals surface area contributed by atoms with E-state index in [1.54, 1.807) is 21.0 Å². The summed E-state index contributed by atoms with van der Waals surface area (Å²) in [6, 6.07) is -0.358. The number of methoxy groups -OCH3 is 1. The van der Waals surface area contributed by atoms with Crippen LogP contribution in [0.5, 0.6) is 0 Å². The van der Waals surface area contributed by atoms with E-state index < -0.39 is 24.1 Å². The molecule has 0 aromatic heterocycles. The number of ether oxygens (including phenoxy) is 4. The molecule has 0 amide bonds. The van der Waals surface area contributed by atoms with Crippen LogP contribution in [0, 0.1) is 0 Å². The zero-order valence-electron chi connectivity index (χ0n) is 11.9. The molecule has 2 fully saturated rings. The minimum atomic E-state index is -0.803. The van der Waals surface area contributed by atoms with Crippen molar-refractivity contribution in [1.29, 1.82) is 0 Å². The van der Waals surface area contributed by atoms with E-state index in [-0.39, 0.29) is 18.9 Å². The van der Waals surface area contributed by atoms with Gasteiger partial charge >= 0.3 is 0 Å². The third-order valence-corrected chi connectivity index (χ3v) is 3.57. The molecular formula is C12H21N3O5. The highest BCUT2D eigenvalue weighted by Crippen LogP contribution is 2.36. The number of aliphatic hydroxyl groups excluding tert-OH is 1. The number of azide groups is 1. The molecule has 2 heterocycles. The van der Waals surface area contributed by atoms with E-state index in [9.17, 15) is 5.11 Å². The largest absolute Gasteiger partial charge is 0.394 e. The van der Waals surface area contributed by atoms with E-state index in [1.807, 2.05) is 0 Å². The van der Waals surface area contributed by atoms with Crippen LogP contribution in [0.1, 0.15) is 26.7 Å². The topological polar surface area (TPSA) is 106 Å². The van der Waals surface area contributed by atoms with Gasteiger partial charge in [0.25, 0.3) is 0 Å². The Morgan fingerprint density at radius 1 is 1.35 bits per heavy atom. The summed E-state index contributed by atoms with van der Waals surface area (Å²) in [5.74, 6) is -0.803. The molecule has 0 aromatic rings. The molecule has 114 valence electrons. The average molecular weight is 287 g/mol. The number of rotatable bonds is 4. The van der Waals surface area contributed by atoms with Gasteiger partial charge in [-0.25, -0.2) is 0 Å². The molecule has 0 spiro atoms. The molecule has 2 aliphatic heterocycles. The Hall–Kier alpha value is -0.890. The van der Waals surface area contributed by atoms with Crippen molar-refractivity contribution in [2.45, 2.75) is 63.1 Å². The number of hydrogen-bond donors (Lipinski definition) is 1. The molecule has 2 aliphatic rings. The molecule has 0 bridgehead atoms. The summed E-state index contributed by atoms with van der Waals surface area (Å²) >= 11 is 0. The fourth-order valence-electron chi connectivity index (χ4n) is 2.75. The maximum Gasteiger partial charge on any atom is 0.164 e. The first kappa shape index (κ1) is 15.5. The zero-order chi connectivity index (χ0) is 14.8. The van der Waals surface area contributed by atoms with Crippen molar-refractivity contribution in [2.24, 2.45) is 5.11 Å². The van der Waals surface area contributed by atoms with Crippen molar-refractivity contribution in [3.05, 3.63) is 10.4 Å². The van der Waals surface area contributed by atoms with Crippen LogP contribution in [0.3, 0.4) is 0 Å². The molecule has 0 aromatic carbocycles. The zero-order valence-corrected chi connectivity index (χ0v) is 11.9. The SMILES string of the molecule is CO[C@@H]1CC[C@H](N=[N+]=[N-])[C@@H]([C@@H]2OC(C)(C)O[C@H]2CO)O1. The number of nitrogens with zero attached hydrogens (tertiary/aromatic N) is 3. The predicted molar refractivity (Wildman–Crippen MR) is 68.7 cm³/mol. The lowest BCUT2D eigenvalue weighted by atomic mass is 9.95. The highest BCUT2D eigenvalue weighted by Gasteiger charge is 2.49. The van der Waals surface area contributed by atoms with Gasteiger partial charge in [-0.1, -0.05) is 5.11 Å². The second-order valence-electron chi connectivity index (χ2n) is 5.44. The smallest absolute Gasteiger partial charge is 0.164 e. The normalized spacial score (nSPS) is 40.3. The first-order valence-electron chi connectivity index (χ1n) is 6.69. The Labute approximate surface area is 117 Å². The Kier molecular flexibility index (Phi) is 4.85. The van der Waals surface area contributed by atoms with Gasteiger partial charge in [-0.15, -0.1) is 0 Å². The van der Waals surface area contributed by atoms with E-state index >= 15 is 0 Å². The van der Waals surface area contributed by atoms with Crippen molar-refractivity contribution < 1.29 is 24.1 Å². The lowest BCUT2D eigenvalue weighted by Gasteiger charge is -2.37. The Morgan fingerprint density at radius 3 is 2.70 bits per heavy atom. The van der Waals surface area contributed by atoms with Gasteiger partial charge < -0.3 is 24.1 Å². The minimum absolute atomic E-state index is 0.186. The fourth-order valence-corrected chi connectivity index (χ4v) is 2.75. The van der Waals surface area contributed by atoms with E-state index in [4.69, 9.17) is 24.5 Å². The molecule has 0 unspecified atom stereocenters. The second-order valence-corrected chi connectivity index (χ2v) is 5.44. The summed E-state index contributed by atoms with van der Waals surface area (Å²) in [6.07, 6.45) is -0.575. The van der Waals surface area contributed by atoms with Gasteiger partial charge in [-0.3, -0.25) is 0 Å². The molecule has 8 nitrogen and oxygen atoms in total. The standard InChI is InChI=1S/C12H21N3O5/c1-12(2)19-8(6-16)11(20-12)10-7(14-15-13)4-5-9(17-3)18-10/h7-11,16H,4-6H2,1-3H3/t7-,8-,9-,10-,11+/m0/s1. The van der Waals surface area contributed by atoms with Crippen LogP contribution in [0.25, 0.3) is 10.4 Å². The third kappa shape index (κ3) is 3.22. The van der Waals surface area contributed by atoms with Crippen LogP contribution in [0.4, 0.5) is 0 Å². The molecule has 0 radical (unpaired) electrons. The molecule has 20 heavy (non-hydrogen) atoms. The maximum absolute atomic E-state index is 9.44. The third-order valence-electron chi connectivity index (χ3n) is 3.57. The van der Waals surface area contributed by atoms with Gasteiger partial charge in [-0.2, -0.15) is 0 Å². The van der Waals surface area contributed by atoms with Crippen LogP contribution >= 0.6 is 0 Å². The van der Waals surface area contributed by atoms with E-state index in [2.05, 4.69) is 10.0 Å². The number of hydrogen-bond acceptors (Lipinski definition) is 6. The van der Waals surface area contributed by atoms with E-state index in [1.165, 1.54) is 0 Å². The van der Waals surface area contributed by atoms with Gasteiger partial charge in [0.2, 0.25) is 0 Å². The van der Waals surface area contributed by atoms with Crippen molar-refractivity contribution in [3.8, 4) is 0 Å². The lowest BCUT2D eigenvalue weighted by molar-refractivity contribution is -0.223. The van der Waals surface area contributed by atoms with Crippen molar-refractivity contribution in [3.63, 3.8) is 0 Å². The molecule has 8 heteroatoms. The summed E-state index contributed by atoms with van der Waals surface area (Å²) in [7, 11) is 1.56. The predicted octanol–water partition coefficient (Wildman–Crippen LogP) is 1.33. The van der Waals surface area contributed by atoms with Crippen LogP contribution in [0.15, 0.2) is 5.11 Å². The highest BCUT2D eigenvalue weighted by molar-refractivity contribution is 4.95. The summed E-state index contributed by atoms with van der Waals surface area (Å²) in [5.41, 5.74) is 8.68. The fraction of sp³-hybridized carbons (Fsp3) is 1.00. The van der Waals surface area contributed by atoms with E-state index in [0.29, 0.717) is 12.8 Å². The monoisotopic (exact) mass is 287 g/mol. The maximum atomic E-state index is 9.44. The Morgan fingerprint density at radius 2 is 2.10 bits per heavy atom. The van der Waals surface area contributed by atoms with Crippen LogP contribution in [0.2, 0.25) is 0 Å². The molecule has 0 saturated carbocycles. The quantitative estimate of drug-likeness (QED) is 0.477. The van der Waals surface area contributed by atoms with Crippen LogP contribution < -0.4 is 0 Å². The highest BCUT2D eigenvalue weighted by atomic mass is 16.8. The first-order valence-corrected chi connectivity index (χ1v) is 6.69. The summed E-state index contributed by atoms with van der Waals surface area (Å²) < 4.78 is 22.5. The van der Waals surface area contributed by atoms with Gasteiger partial charge in [0.15, 0.2) is 12.1 Å². The molecule has 2 saturated heterocycles. The molecule has 1 N–H and O–H groups in total. The number of aliphatic hydroxyl groups is 1. The molecule has 0 aliphatic carbocycles. The van der Waals surface area contributed by atoms with Crippen molar-refractivity contribution >= 4 is 0 Å². The summed E-state index contributed by atoms with van der Waals surface area (Å²) in [4.78, 5) is 2.86. The Balaban J connectivity index is 2.18. The van der Waals surface area contributed by atoms with Gasteiger partial charge in [0.05, 0.1) is 18.8 Å². The van der Waals surface area contributed by atoms with Gasteiger partial charge in [-0.05, 0) is 32.2 Å². The second kappa shape index (κ2) is 6.26. The van der Waals surface area contributed by atoms with E-state index in [0.717, 1.165) is 0 Å². The summed E-state index contributed by atoms with van der Waals surface area (Å²) in [6.45, 7) is 3.36. The van der Waals surface area contributed by atoms with Gasteiger partial charge in [0, 0.05) is 12.0 Å². The minimum Gasteiger partial charge on any atom is -0.394 e. The van der Waals surface area contributed by atoms with Crippen LogP contribution in [-0.2, 0) is 18.9 Å². The molecular weight excluding hydrogens is 266 g/mol. The van der Waals surface area contributed by atoms with Crippen molar-refractivity contribution in [2.75, 3.05) is 13.7 Å². The van der Waals surface area contributed by atoms with Gasteiger partial charge in [0.1, 0.15) is 12.2 Å². The average Bonchev–Trinajstić information content (AvgIpc) is 2.74. The lowest BCUT2D eigenvalue weighted by Crippen LogP contribution is -2.50. The summed E-state index contributed by atoms with van der Waals surface area (Å²) in [5, 5.41) is 13.2.